The van der Waals surface area contributed by atoms with Crippen molar-refractivity contribution >= 4 is 23.5 Å². The smallest absolute Gasteiger partial charge is 0.307 e. The molecule has 0 aromatic heterocycles. The van der Waals surface area contributed by atoms with E-state index in [1.807, 2.05) is 55.5 Å². The highest BCUT2D eigenvalue weighted by molar-refractivity contribution is 6.31. The first-order chi connectivity index (χ1) is 12.0. The Kier molecular flexibility index (Phi) is 7.02. The Morgan fingerprint density at radius 2 is 1.68 bits per heavy atom. The molecule has 0 saturated carbocycles. The number of carbonyl (C=O) groups excluding carboxylic acids is 2. The number of amides is 1. The summed E-state index contributed by atoms with van der Waals surface area (Å²) in [5.41, 5.74) is 1.88. The second kappa shape index (κ2) is 9.23. The minimum absolute atomic E-state index is 0.0343. The van der Waals surface area contributed by atoms with Crippen molar-refractivity contribution in [3.63, 3.8) is 0 Å². The van der Waals surface area contributed by atoms with Crippen LogP contribution < -0.4 is 5.32 Å². The van der Waals surface area contributed by atoms with Gasteiger partial charge in [-0.2, -0.15) is 0 Å². The summed E-state index contributed by atoms with van der Waals surface area (Å²) in [7, 11) is 0. The number of hydrogen-bond acceptors (Lipinski definition) is 3. The summed E-state index contributed by atoms with van der Waals surface area (Å²) in [6, 6.07) is 17.0. The molecule has 2 aromatic carbocycles. The lowest BCUT2D eigenvalue weighted by Gasteiger charge is -2.16. The summed E-state index contributed by atoms with van der Waals surface area (Å²) in [4.78, 5) is 24.1. The molecule has 0 radical (unpaired) electrons. The van der Waals surface area contributed by atoms with Crippen molar-refractivity contribution in [2.45, 2.75) is 38.8 Å². The summed E-state index contributed by atoms with van der Waals surface area (Å²) in [6.07, 6.45) is -0.621. The molecule has 132 valence electrons. The molecule has 0 spiro atoms. The highest BCUT2D eigenvalue weighted by atomic mass is 35.5. The van der Waals surface area contributed by atoms with Crippen LogP contribution in [0.4, 0.5) is 0 Å². The van der Waals surface area contributed by atoms with Crippen LogP contribution in [-0.4, -0.2) is 18.0 Å². The van der Waals surface area contributed by atoms with Gasteiger partial charge in [-0.05, 0) is 30.0 Å². The van der Waals surface area contributed by atoms with E-state index in [0.29, 0.717) is 11.6 Å². The molecule has 2 atom stereocenters. The second-order valence-corrected chi connectivity index (χ2v) is 6.36. The van der Waals surface area contributed by atoms with Gasteiger partial charge >= 0.3 is 5.97 Å². The minimum Gasteiger partial charge on any atom is -0.453 e. The summed E-state index contributed by atoms with van der Waals surface area (Å²) < 4.78 is 5.24. The van der Waals surface area contributed by atoms with Crippen LogP contribution in [0.3, 0.4) is 0 Å². The van der Waals surface area contributed by atoms with Gasteiger partial charge in [0.15, 0.2) is 6.10 Å². The summed E-state index contributed by atoms with van der Waals surface area (Å²) in [5.74, 6) is -0.704. The molecule has 0 unspecified atom stereocenters. The molecule has 1 N–H and O–H groups in total. The van der Waals surface area contributed by atoms with Crippen LogP contribution in [0.15, 0.2) is 54.6 Å². The van der Waals surface area contributed by atoms with E-state index in [2.05, 4.69) is 5.32 Å². The minimum atomic E-state index is -0.849. The molecule has 2 rings (SSSR count). The SMILES string of the molecule is C[C@H](OC(=O)C[C@@H](C)c1ccccc1)C(=O)NCc1ccccc1Cl. The van der Waals surface area contributed by atoms with Crippen molar-refractivity contribution in [3.05, 3.63) is 70.7 Å². The van der Waals surface area contributed by atoms with Crippen LogP contribution >= 0.6 is 11.6 Å². The monoisotopic (exact) mass is 359 g/mol. The second-order valence-electron chi connectivity index (χ2n) is 5.96. The fourth-order valence-electron chi connectivity index (χ4n) is 2.42. The van der Waals surface area contributed by atoms with Crippen LogP contribution in [0.5, 0.6) is 0 Å². The molecule has 25 heavy (non-hydrogen) atoms. The maximum absolute atomic E-state index is 12.1. The van der Waals surface area contributed by atoms with E-state index < -0.39 is 12.1 Å². The van der Waals surface area contributed by atoms with Gasteiger partial charge in [-0.25, -0.2) is 0 Å². The normalized spacial score (nSPS) is 12.9. The van der Waals surface area contributed by atoms with E-state index in [9.17, 15) is 9.59 Å². The molecule has 1 amide bonds. The number of ether oxygens (including phenoxy) is 1. The lowest BCUT2D eigenvalue weighted by atomic mass is 9.98. The summed E-state index contributed by atoms with van der Waals surface area (Å²) in [5, 5.41) is 3.32. The van der Waals surface area contributed by atoms with Gasteiger partial charge in [-0.15, -0.1) is 0 Å². The highest BCUT2D eigenvalue weighted by Gasteiger charge is 2.19. The largest absolute Gasteiger partial charge is 0.453 e. The van der Waals surface area contributed by atoms with Crippen LogP contribution in [0.2, 0.25) is 5.02 Å². The topological polar surface area (TPSA) is 55.4 Å². The van der Waals surface area contributed by atoms with E-state index in [1.54, 1.807) is 13.0 Å². The number of hydrogen-bond donors (Lipinski definition) is 1. The van der Waals surface area contributed by atoms with Crippen LogP contribution in [0.1, 0.15) is 37.3 Å². The Morgan fingerprint density at radius 3 is 2.36 bits per heavy atom. The van der Waals surface area contributed by atoms with Crippen molar-refractivity contribution in [3.8, 4) is 0 Å². The third kappa shape index (κ3) is 5.91. The average molecular weight is 360 g/mol. The standard InChI is InChI=1S/C20H22ClNO3/c1-14(16-8-4-3-5-9-16)12-19(23)25-15(2)20(24)22-13-17-10-6-7-11-18(17)21/h3-11,14-15H,12-13H2,1-2H3,(H,22,24)/t14-,15+/m1/s1. The number of rotatable bonds is 7. The first kappa shape index (κ1) is 19.0. The van der Waals surface area contributed by atoms with Gasteiger partial charge in [0.05, 0.1) is 6.42 Å². The number of benzene rings is 2. The highest BCUT2D eigenvalue weighted by Crippen LogP contribution is 2.19. The maximum Gasteiger partial charge on any atom is 0.307 e. The van der Waals surface area contributed by atoms with Crippen molar-refractivity contribution < 1.29 is 14.3 Å². The molecule has 0 bridgehead atoms. The first-order valence-electron chi connectivity index (χ1n) is 8.23. The Hall–Kier alpha value is -2.33. The summed E-state index contributed by atoms with van der Waals surface area (Å²) >= 11 is 6.05. The zero-order valence-electron chi connectivity index (χ0n) is 14.4. The Balaban J connectivity index is 1.80. The predicted molar refractivity (Wildman–Crippen MR) is 98.3 cm³/mol. The lowest BCUT2D eigenvalue weighted by molar-refractivity contribution is -0.155. The van der Waals surface area contributed by atoms with Gasteiger partial charge in [0.1, 0.15) is 0 Å². The van der Waals surface area contributed by atoms with Crippen LogP contribution in [0.25, 0.3) is 0 Å². The van der Waals surface area contributed by atoms with E-state index in [4.69, 9.17) is 16.3 Å². The zero-order chi connectivity index (χ0) is 18.2. The van der Waals surface area contributed by atoms with Gasteiger partial charge in [0.25, 0.3) is 5.91 Å². The Morgan fingerprint density at radius 1 is 1.04 bits per heavy atom. The molecule has 0 heterocycles. The third-order valence-corrected chi connectivity index (χ3v) is 4.30. The zero-order valence-corrected chi connectivity index (χ0v) is 15.1. The van der Waals surface area contributed by atoms with Gasteiger partial charge in [0.2, 0.25) is 0 Å². The molecule has 0 aliphatic carbocycles. The summed E-state index contributed by atoms with van der Waals surface area (Å²) in [6.45, 7) is 3.81. The Labute approximate surface area is 153 Å². The molecule has 4 nitrogen and oxygen atoms in total. The van der Waals surface area contributed by atoms with Gasteiger partial charge in [-0.3, -0.25) is 9.59 Å². The van der Waals surface area contributed by atoms with E-state index >= 15 is 0 Å². The average Bonchev–Trinajstić information content (AvgIpc) is 2.61. The quantitative estimate of drug-likeness (QED) is 0.758. The number of esters is 1. The van der Waals surface area contributed by atoms with Crippen molar-refractivity contribution in [2.24, 2.45) is 0 Å². The predicted octanol–water partition coefficient (Wildman–Crippen LogP) is 4.08. The fraction of sp³-hybridized carbons (Fsp3) is 0.300. The van der Waals surface area contributed by atoms with E-state index in [0.717, 1.165) is 11.1 Å². The fourth-order valence-corrected chi connectivity index (χ4v) is 2.62. The molecular formula is C20H22ClNO3. The third-order valence-electron chi connectivity index (χ3n) is 3.93. The lowest BCUT2D eigenvalue weighted by Crippen LogP contribution is -2.35. The van der Waals surface area contributed by atoms with Crippen LogP contribution in [-0.2, 0) is 20.9 Å². The van der Waals surface area contributed by atoms with Crippen molar-refractivity contribution in [1.29, 1.82) is 0 Å². The van der Waals surface area contributed by atoms with Crippen molar-refractivity contribution in [2.75, 3.05) is 0 Å². The number of nitrogens with one attached hydrogen (secondary N) is 1. The van der Waals surface area contributed by atoms with Gasteiger partial charge in [0, 0.05) is 11.6 Å². The molecule has 2 aromatic rings. The molecule has 0 saturated heterocycles. The molecule has 0 fully saturated rings. The number of halogens is 1. The maximum atomic E-state index is 12.1. The molecule has 0 aliphatic heterocycles. The van der Waals surface area contributed by atoms with E-state index in [-0.39, 0.29) is 18.2 Å². The van der Waals surface area contributed by atoms with Crippen molar-refractivity contribution in [1.82, 2.24) is 5.32 Å². The van der Waals surface area contributed by atoms with Crippen LogP contribution in [0, 0.1) is 0 Å². The van der Waals surface area contributed by atoms with Gasteiger partial charge < -0.3 is 10.1 Å². The molecular weight excluding hydrogens is 338 g/mol. The van der Waals surface area contributed by atoms with Gasteiger partial charge in [-0.1, -0.05) is 67.1 Å². The Bertz CT molecular complexity index is 718. The molecule has 0 aliphatic rings. The number of carbonyl (C=O) groups is 2. The first-order valence-corrected chi connectivity index (χ1v) is 8.60. The van der Waals surface area contributed by atoms with E-state index in [1.165, 1.54) is 0 Å². The molecule has 5 heteroatoms.